The molecule has 136 valence electrons. The Hall–Kier alpha value is -3.34. The number of amides is 1. The molecule has 3 aromatic rings. The standard InChI is InChI=1S/C22H20N2O3/c1-14-10-16(3-5-20(14)22(23)25)17-6-8-24-18(11-17)13-27-19-4-2-15-7-9-26-21(15)12-19/h2-6,8,10-12H,7,9,13H2,1H3,(H2,23,25). The number of carbonyl (C=O) groups is 1. The molecule has 0 saturated heterocycles. The zero-order chi connectivity index (χ0) is 18.8. The first-order valence-corrected chi connectivity index (χ1v) is 8.84. The predicted octanol–water partition coefficient (Wildman–Crippen LogP) is 3.67. The van der Waals surface area contributed by atoms with Crippen molar-refractivity contribution in [1.29, 1.82) is 0 Å². The molecule has 0 bridgehead atoms. The third-order valence-electron chi connectivity index (χ3n) is 4.70. The summed E-state index contributed by atoms with van der Waals surface area (Å²) >= 11 is 0. The molecule has 27 heavy (non-hydrogen) atoms. The minimum absolute atomic E-state index is 0.366. The average molecular weight is 360 g/mol. The number of aromatic nitrogens is 1. The molecule has 5 nitrogen and oxygen atoms in total. The Bertz CT molecular complexity index is 1010. The highest BCUT2D eigenvalue weighted by Crippen LogP contribution is 2.30. The van der Waals surface area contributed by atoms with E-state index < -0.39 is 5.91 Å². The second-order valence-electron chi connectivity index (χ2n) is 6.59. The van der Waals surface area contributed by atoms with E-state index in [1.54, 1.807) is 12.3 Å². The van der Waals surface area contributed by atoms with Crippen LogP contribution in [-0.2, 0) is 13.0 Å². The van der Waals surface area contributed by atoms with Crippen LogP contribution in [0.15, 0.2) is 54.7 Å². The van der Waals surface area contributed by atoms with Gasteiger partial charge in [0.2, 0.25) is 5.91 Å². The molecule has 1 aromatic heterocycles. The summed E-state index contributed by atoms with van der Waals surface area (Å²) in [7, 11) is 0. The highest BCUT2D eigenvalue weighted by Gasteiger charge is 2.13. The second-order valence-corrected chi connectivity index (χ2v) is 6.59. The molecule has 2 heterocycles. The minimum Gasteiger partial charge on any atom is -0.493 e. The zero-order valence-corrected chi connectivity index (χ0v) is 15.1. The van der Waals surface area contributed by atoms with Gasteiger partial charge in [0.15, 0.2) is 0 Å². The summed E-state index contributed by atoms with van der Waals surface area (Å²) in [6.45, 7) is 2.98. The summed E-state index contributed by atoms with van der Waals surface area (Å²) in [6, 6.07) is 15.5. The number of ether oxygens (including phenoxy) is 2. The predicted molar refractivity (Wildman–Crippen MR) is 103 cm³/mol. The zero-order valence-electron chi connectivity index (χ0n) is 15.1. The van der Waals surface area contributed by atoms with E-state index >= 15 is 0 Å². The number of benzene rings is 2. The lowest BCUT2D eigenvalue weighted by molar-refractivity contribution is 0.0999. The third-order valence-corrected chi connectivity index (χ3v) is 4.70. The SMILES string of the molecule is Cc1cc(-c2ccnc(COc3ccc4c(c3)OCC4)c2)ccc1C(N)=O. The Morgan fingerprint density at radius 2 is 2.00 bits per heavy atom. The molecule has 1 aliphatic heterocycles. The molecule has 0 unspecified atom stereocenters. The van der Waals surface area contributed by atoms with Crippen molar-refractivity contribution in [3.8, 4) is 22.6 Å². The quantitative estimate of drug-likeness (QED) is 0.753. The highest BCUT2D eigenvalue weighted by molar-refractivity contribution is 5.94. The molecule has 0 radical (unpaired) electrons. The number of primary amides is 1. The van der Waals surface area contributed by atoms with Crippen LogP contribution in [0.3, 0.4) is 0 Å². The minimum atomic E-state index is -0.416. The molecular weight excluding hydrogens is 340 g/mol. The first kappa shape index (κ1) is 17.1. The molecule has 0 spiro atoms. The summed E-state index contributed by atoms with van der Waals surface area (Å²) in [5, 5.41) is 0. The van der Waals surface area contributed by atoms with Gasteiger partial charge in [0.05, 0.1) is 12.3 Å². The van der Waals surface area contributed by atoms with E-state index in [-0.39, 0.29) is 0 Å². The number of pyridine rings is 1. The van der Waals surface area contributed by atoms with Crippen LogP contribution in [0.25, 0.3) is 11.1 Å². The Morgan fingerprint density at radius 1 is 1.15 bits per heavy atom. The second kappa shape index (κ2) is 7.11. The van der Waals surface area contributed by atoms with E-state index in [1.807, 2.05) is 49.4 Å². The molecule has 5 heteroatoms. The first-order chi connectivity index (χ1) is 13.1. The topological polar surface area (TPSA) is 74.4 Å². The van der Waals surface area contributed by atoms with Crippen molar-refractivity contribution in [2.24, 2.45) is 5.73 Å². The van der Waals surface area contributed by atoms with Crippen LogP contribution in [-0.4, -0.2) is 17.5 Å². The number of nitrogens with zero attached hydrogens (tertiary/aromatic N) is 1. The van der Waals surface area contributed by atoms with Crippen molar-refractivity contribution < 1.29 is 14.3 Å². The lowest BCUT2D eigenvalue weighted by Gasteiger charge is -2.10. The van der Waals surface area contributed by atoms with Crippen LogP contribution in [0, 0.1) is 6.92 Å². The van der Waals surface area contributed by atoms with E-state index in [9.17, 15) is 4.79 Å². The molecule has 0 saturated carbocycles. The largest absolute Gasteiger partial charge is 0.493 e. The fourth-order valence-electron chi connectivity index (χ4n) is 3.25. The molecule has 2 aromatic carbocycles. The Balaban J connectivity index is 1.51. The molecule has 0 aliphatic carbocycles. The number of carbonyl (C=O) groups excluding carboxylic acids is 1. The molecule has 1 amide bonds. The molecule has 4 rings (SSSR count). The lowest BCUT2D eigenvalue weighted by atomic mass is 10.00. The van der Waals surface area contributed by atoms with Crippen LogP contribution in [0.2, 0.25) is 0 Å². The van der Waals surface area contributed by atoms with Gasteiger partial charge in [-0.1, -0.05) is 18.2 Å². The van der Waals surface area contributed by atoms with Crippen molar-refractivity contribution in [3.05, 3.63) is 77.1 Å². The number of hydrogen-bond acceptors (Lipinski definition) is 4. The van der Waals surface area contributed by atoms with E-state index in [2.05, 4.69) is 4.98 Å². The highest BCUT2D eigenvalue weighted by atomic mass is 16.5. The van der Waals surface area contributed by atoms with E-state index in [4.69, 9.17) is 15.2 Å². The fraction of sp³-hybridized carbons (Fsp3) is 0.182. The van der Waals surface area contributed by atoms with Crippen LogP contribution < -0.4 is 15.2 Å². The van der Waals surface area contributed by atoms with Crippen molar-refractivity contribution in [1.82, 2.24) is 4.98 Å². The first-order valence-electron chi connectivity index (χ1n) is 8.84. The third kappa shape index (κ3) is 3.62. The Labute approximate surface area is 157 Å². The molecule has 0 atom stereocenters. The van der Waals surface area contributed by atoms with Crippen LogP contribution in [0.5, 0.6) is 11.5 Å². The summed E-state index contributed by atoms with van der Waals surface area (Å²) in [5.74, 6) is 1.25. The van der Waals surface area contributed by atoms with Gasteiger partial charge >= 0.3 is 0 Å². The molecule has 2 N–H and O–H groups in total. The van der Waals surface area contributed by atoms with Crippen LogP contribution in [0.4, 0.5) is 0 Å². The molecule has 0 fully saturated rings. The van der Waals surface area contributed by atoms with Gasteiger partial charge in [-0.2, -0.15) is 0 Å². The lowest BCUT2D eigenvalue weighted by Crippen LogP contribution is -2.12. The van der Waals surface area contributed by atoms with Gasteiger partial charge in [0.1, 0.15) is 18.1 Å². The number of rotatable bonds is 5. The van der Waals surface area contributed by atoms with Crippen LogP contribution in [0.1, 0.15) is 27.2 Å². The van der Waals surface area contributed by atoms with Crippen LogP contribution >= 0.6 is 0 Å². The number of aryl methyl sites for hydroxylation is 1. The molecular formula is C22H20N2O3. The summed E-state index contributed by atoms with van der Waals surface area (Å²) in [4.78, 5) is 15.8. The van der Waals surface area contributed by atoms with Gasteiger partial charge in [-0.05, 0) is 53.4 Å². The van der Waals surface area contributed by atoms with E-state index in [1.165, 1.54) is 5.56 Å². The maximum absolute atomic E-state index is 11.4. The fourth-order valence-corrected chi connectivity index (χ4v) is 3.25. The Kier molecular flexibility index (Phi) is 4.50. The van der Waals surface area contributed by atoms with Crippen molar-refractivity contribution in [3.63, 3.8) is 0 Å². The van der Waals surface area contributed by atoms with E-state index in [0.717, 1.165) is 46.9 Å². The van der Waals surface area contributed by atoms with Gasteiger partial charge in [-0.25, -0.2) is 0 Å². The average Bonchev–Trinajstić information content (AvgIpc) is 3.14. The van der Waals surface area contributed by atoms with Crippen molar-refractivity contribution in [2.75, 3.05) is 6.61 Å². The van der Waals surface area contributed by atoms with Crippen molar-refractivity contribution in [2.45, 2.75) is 20.0 Å². The summed E-state index contributed by atoms with van der Waals surface area (Å²) in [6.07, 6.45) is 2.71. The maximum atomic E-state index is 11.4. The summed E-state index contributed by atoms with van der Waals surface area (Å²) < 4.78 is 11.5. The number of nitrogens with two attached hydrogens (primary N) is 1. The van der Waals surface area contributed by atoms with Gasteiger partial charge in [-0.3, -0.25) is 9.78 Å². The van der Waals surface area contributed by atoms with Gasteiger partial charge < -0.3 is 15.2 Å². The number of hydrogen-bond donors (Lipinski definition) is 1. The Morgan fingerprint density at radius 3 is 2.81 bits per heavy atom. The smallest absolute Gasteiger partial charge is 0.248 e. The monoisotopic (exact) mass is 360 g/mol. The number of fused-ring (bicyclic) bond motifs is 1. The van der Waals surface area contributed by atoms with Crippen molar-refractivity contribution >= 4 is 5.91 Å². The normalized spacial score (nSPS) is 12.3. The summed E-state index contributed by atoms with van der Waals surface area (Å²) in [5.41, 5.74) is 10.8. The van der Waals surface area contributed by atoms with Gasteiger partial charge in [-0.15, -0.1) is 0 Å². The maximum Gasteiger partial charge on any atom is 0.248 e. The van der Waals surface area contributed by atoms with Gasteiger partial charge in [0.25, 0.3) is 0 Å². The molecule has 1 aliphatic rings. The van der Waals surface area contributed by atoms with E-state index in [0.29, 0.717) is 12.2 Å². The van der Waals surface area contributed by atoms with Gasteiger partial charge in [0, 0.05) is 24.2 Å².